The van der Waals surface area contributed by atoms with Crippen molar-refractivity contribution in [3.8, 4) is 0 Å². The van der Waals surface area contributed by atoms with Crippen molar-refractivity contribution in [1.82, 2.24) is 19.9 Å². The van der Waals surface area contributed by atoms with Crippen molar-refractivity contribution < 1.29 is 22.4 Å². The summed E-state index contributed by atoms with van der Waals surface area (Å²) in [5, 5.41) is 1.08. The van der Waals surface area contributed by atoms with Gasteiger partial charge in [0.15, 0.2) is 0 Å². The van der Waals surface area contributed by atoms with Crippen molar-refractivity contribution in [3.05, 3.63) is 97.6 Å². The summed E-state index contributed by atoms with van der Waals surface area (Å²) in [5.41, 5.74) is 5.13. The van der Waals surface area contributed by atoms with Crippen LogP contribution in [0.25, 0.3) is 0 Å². The molecule has 0 saturated carbocycles. The third-order valence-electron chi connectivity index (χ3n) is 8.04. The van der Waals surface area contributed by atoms with Gasteiger partial charge in [-0.25, -0.2) is 0 Å². The smallest absolute Gasteiger partial charge is 0.0636 e. The van der Waals surface area contributed by atoms with Crippen molar-refractivity contribution in [2.24, 2.45) is 0 Å². The Kier molecular flexibility index (Phi) is 17.8. The molecule has 4 heterocycles. The van der Waals surface area contributed by atoms with Crippen LogP contribution in [-0.4, -0.2) is 65.2 Å². The quantitative estimate of drug-likeness (QED) is 0.118. The number of rotatable bonds is 10. The first-order valence-corrected chi connectivity index (χ1v) is 23.2. The zero-order valence-corrected chi connectivity index (χ0v) is 37.7. The maximum Gasteiger partial charge on any atom is 0.0636 e. The monoisotopic (exact) mass is 917 g/mol. The molecule has 0 aliphatic heterocycles. The third-order valence-corrected chi connectivity index (χ3v) is 21.2. The van der Waals surface area contributed by atoms with Gasteiger partial charge in [-0.05, 0) is 125 Å². The Hall–Kier alpha value is -0.940. The SMILES string of the molecule is CC(C)(C)P(CCP(c1ccccn1)C(C)(C)C)c1ccccn1.CC(C)(C)P(CCP(c1ccccn1)C(C)(C)C)c1ccccn1.[Au]. The van der Waals surface area contributed by atoms with E-state index in [2.05, 4.69) is 152 Å². The Morgan fingerprint density at radius 2 is 0.531 bits per heavy atom. The van der Waals surface area contributed by atoms with Gasteiger partial charge in [0.2, 0.25) is 0 Å². The van der Waals surface area contributed by atoms with E-state index in [4.69, 9.17) is 0 Å². The van der Waals surface area contributed by atoms with Crippen LogP contribution in [0.3, 0.4) is 0 Å². The number of pyridine rings is 4. The molecule has 9 heteroatoms. The van der Waals surface area contributed by atoms with Crippen LogP contribution in [0.5, 0.6) is 0 Å². The van der Waals surface area contributed by atoms with Crippen LogP contribution in [0.1, 0.15) is 83.1 Å². The van der Waals surface area contributed by atoms with Gasteiger partial charge in [-0.2, -0.15) is 0 Å². The minimum absolute atomic E-state index is 0. The topological polar surface area (TPSA) is 51.6 Å². The molecule has 0 amide bonds. The van der Waals surface area contributed by atoms with Gasteiger partial charge in [-0.1, -0.05) is 107 Å². The van der Waals surface area contributed by atoms with Crippen molar-refractivity contribution >= 4 is 53.4 Å². The molecule has 4 nitrogen and oxygen atoms in total. The van der Waals surface area contributed by atoms with E-state index in [-0.39, 0.29) is 74.7 Å². The Morgan fingerprint density at radius 3 is 0.653 bits per heavy atom. The van der Waals surface area contributed by atoms with Crippen LogP contribution < -0.4 is 21.7 Å². The van der Waals surface area contributed by atoms with Crippen molar-refractivity contribution in [3.63, 3.8) is 0 Å². The van der Waals surface area contributed by atoms with Crippen molar-refractivity contribution in [2.45, 2.75) is 104 Å². The first-order valence-electron chi connectivity index (χ1n) is 17.1. The standard InChI is InChI=1S/2C20H30N2P2.Au/c2*1-19(2,3)23(17-11-7-9-13-21-17)15-16-24(20(4,5)6)18-12-8-10-14-22-18;/h2*7-14H,15-16H2,1-6H3;. The van der Waals surface area contributed by atoms with Crippen molar-refractivity contribution in [1.29, 1.82) is 0 Å². The zero-order chi connectivity index (χ0) is 35.6. The predicted molar refractivity (Wildman–Crippen MR) is 222 cm³/mol. The van der Waals surface area contributed by atoms with Crippen LogP contribution in [-0.2, 0) is 22.4 Å². The summed E-state index contributed by atoms with van der Waals surface area (Å²) in [6.45, 7) is 28.3. The maximum atomic E-state index is 4.68. The van der Waals surface area contributed by atoms with Gasteiger partial charge >= 0.3 is 0 Å². The van der Waals surface area contributed by atoms with E-state index >= 15 is 0 Å². The molecule has 4 atom stereocenters. The van der Waals surface area contributed by atoms with Crippen LogP contribution in [0.15, 0.2) is 97.6 Å². The fourth-order valence-corrected chi connectivity index (χ4v) is 17.1. The molecule has 0 fully saturated rings. The Labute approximate surface area is 319 Å². The van der Waals surface area contributed by atoms with E-state index in [9.17, 15) is 0 Å². The summed E-state index contributed by atoms with van der Waals surface area (Å²) >= 11 is 0. The molecule has 0 aliphatic rings. The van der Waals surface area contributed by atoms with E-state index in [1.54, 1.807) is 0 Å². The van der Waals surface area contributed by atoms with Gasteiger partial charge in [-0.3, -0.25) is 19.9 Å². The second-order valence-corrected chi connectivity index (χ2v) is 28.5. The number of aromatic nitrogens is 4. The average molecular weight is 918 g/mol. The fraction of sp³-hybridized carbons (Fsp3) is 0.500. The summed E-state index contributed by atoms with van der Waals surface area (Å²) in [7, 11) is -1.16. The summed E-state index contributed by atoms with van der Waals surface area (Å²) < 4.78 is 0. The molecule has 0 saturated heterocycles. The summed E-state index contributed by atoms with van der Waals surface area (Å²) in [4.78, 5) is 18.7. The van der Waals surface area contributed by atoms with Crippen molar-refractivity contribution in [2.75, 3.05) is 24.6 Å². The van der Waals surface area contributed by atoms with E-state index in [1.807, 2.05) is 49.1 Å². The van der Waals surface area contributed by atoms with Crippen LogP contribution in [0, 0.1) is 0 Å². The second-order valence-electron chi connectivity index (χ2n) is 16.0. The molecule has 0 N–H and O–H groups in total. The van der Waals surface area contributed by atoms with Gasteiger partial charge in [-0.15, -0.1) is 0 Å². The molecule has 4 aromatic rings. The van der Waals surface area contributed by atoms with E-state index < -0.39 is 0 Å². The molecule has 4 unspecified atom stereocenters. The average Bonchev–Trinajstić information content (AvgIpc) is 3.01. The van der Waals surface area contributed by atoms with E-state index in [0.717, 1.165) is 0 Å². The molecule has 4 aromatic heterocycles. The van der Waals surface area contributed by atoms with Gasteiger partial charge in [0.25, 0.3) is 0 Å². The molecule has 1 radical (unpaired) electrons. The zero-order valence-electron chi connectivity index (χ0n) is 31.9. The summed E-state index contributed by atoms with van der Waals surface area (Å²) in [6.07, 6.45) is 12.6. The van der Waals surface area contributed by atoms with Gasteiger partial charge in [0, 0.05) is 47.2 Å². The molecule has 0 aliphatic carbocycles. The number of hydrogen-bond acceptors (Lipinski definition) is 4. The molecule has 4 rings (SSSR count). The van der Waals surface area contributed by atoms with Crippen LogP contribution >= 0.6 is 31.7 Å². The number of nitrogens with zero attached hydrogens (tertiary/aromatic N) is 4. The van der Waals surface area contributed by atoms with E-state index in [0.29, 0.717) is 0 Å². The predicted octanol–water partition coefficient (Wildman–Crippen LogP) is 9.97. The third kappa shape index (κ3) is 14.5. The van der Waals surface area contributed by atoms with Crippen LogP contribution in [0.2, 0.25) is 0 Å². The molecule has 0 aromatic carbocycles. The maximum absolute atomic E-state index is 4.68. The minimum Gasteiger partial charge on any atom is -0.257 e. The Bertz CT molecular complexity index is 1240. The molecule has 271 valence electrons. The van der Waals surface area contributed by atoms with Crippen LogP contribution in [0.4, 0.5) is 0 Å². The summed E-state index contributed by atoms with van der Waals surface area (Å²) in [6, 6.07) is 25.3. The van der Waals surface area contributed by atoms with Gasteiger partial charge in [0.1, 0.15) is 0 Å². The fourth-order valence-electron chi connectivity index (χ4n) is 5.63. The molecule has 49 heavy (non-hydrogen) atoms. The van der Waals surface area contributed by atoms with E-state index in [1.165, 1.54) is 46.4 Å². The Morgan fingerprint density at radius 1 is 0.347 bits per heavy atom. The number of hydrogen-bond donors (Lipinski definition) is 0. The molecule has 0 bridgehead atoms. The first-order chi connectivity index (χ1) is 22.4. The second kappa shape index (κ2) is 19.8. The largest absolute Gasteiger partial charge is 0.257 e. The van der Waals surface area contributed by atoms with Gasteiger partial charge < -0.3 is 0 Å². The molecular weight excluding hydrogens is 857 g/mol. The summed E-state index contributed by atoms with van der Waals surface area (Å²) in [5.74, 6) is 0. The Balaban J connectivity index is 0.000000333. The molecular formula is C40H60AuN4P4. The minimum atomic E-state index is -0.290. The van der Waals surface area contributed by atoms with Gasteiger partial charge in [0.05, 0.1) is 21.7 Å². The first kappa shape index (κ1) is 44.2. The molecule has 0 spiro atoms. The normalized spacial score (nSPS) is 14.8.